The summed E-state index contributed by atoms with van der Waals surface area (Å²) in [4.78, 5) is 35.5. The van der Waals surface area contributed by atoms with Crippen molar-refractivity contribution >= 4 is 17.8 Å². The largest absolute Gasteiger partial charge is 0.481 e. The topological polar surface area (TPSA) is 83.9 Å². The molecule has 1 amide bonds. The second-order valence-electron chi connectivity index (χ2n) is 4.41. The van der Waals surface area contributed by atoms with Crippen molar-refractivity contribution in [3.05, 3.63) is 0 Å². The zero-order chi connectivity index (χ0) is 13.7. The van der Waals surface area contributed by atoms with Crippen LogP contribution in [0.4, 0.5) is 0 Å². The van der Waals surface area contributed by atoms with E-state index in [1.807, 2.05) is 0 Å². The predicted octanol–water partition coefficient (Wildman–Crippen LogP) is 0.509. The van der Waals surface area contributed by atoms with Gasteiger partial charge in [0.1, 0.15) is 5.92 Å². The van der Waals surface area contributed by atoms with Crippen molar-refractivity contribution < 1.29 is 24.2 Å². The van der Waals surface area contributed by atoms with Crippen molar-refractivity contribution in [3.63, 3.8) is 0 Å². The molecule has 1 N–H and O–H groups in total. The molecule has 1 aliphatic heterocycles. The first-order valence-corrected chi connectivity index (χ1v) is 6.15. The number of esters is 1. The van der Waals surface area contributed by atoms with E-state index < -0.39 is 11.9 Å². The van der Waals surface area contributed by atoms with Crippen LogP contribution in [-0.4, -0.2) is 47.5 Å². The van der Waals surface area contributed by atoms with Gasteiger partial charge in [-0.2, -0.15) is 0 Å². The van der Waals surface area contributed by atoms with E-state index in [0.29, 0.717) is 32.5 Å². The molecule has 1 heterocycles. The average Bonchev–Trinajstić information content (AvgIpc) is 2.37. The number of carboxylic acids is 1. The quantitative estimate of drug-likeness (QED) is 0.586. The van der Waals surface area contributed by atoms with Crippen LogP contribution in [0.15, 0.2) is 0 Å². The minimum atomic E-state index is -1.12. The number of rotatable bonds is 4. The first kappa shape index (κ1) is 14.5. The van der Waals surface area contributed by atoms with Crippen molar-refractivity contribution in [3.8, 4) is 0 Å². The Morgan fingerprint density at radius 1 is 1.33 bits per heavy atom. The molecule has 1 saturated heterocycles. The summed E-state index contributed by atoms with van der Waals surface area (Å²) in [5, 5.41) is 8.77. The molecular formula is C12H19NO5. The van der Waals surface area contributed by atoms with Crippen LogP contribution in [-0.2, 0) is 19.1 Å². The summed E-state index contributed by atoms with van der Waals surface area (Å²) in [6.45, 7) is 4.32. The minimum absolute atomic E-state index is 0.172. The molecule has 102 valence electrons. The van der Waals surface area contributed by atoms with E-state index in [4.69, 9.17) is 9.84 Å². The molecule has 18 heavy (non-hydrogen) atoms. The van der Waals surface area contributed by atoms with Crippen molar-refractivity contribution in [2.24, 2.45) is 11.8 Å². The number of likely N-dealkylation sites (tertiary alicyclic amines) is 1. The maximum atomic E-state index is 11.8. The molecule has 0 aromatic rings. The van der Waals surface area contributed by atoms with Crippen molar-refractivity contribution in [2.75, 3.05) is 19.7 Å². The maximum absolute atomic E-state index is 11.8. The number of carbonyl (C=O) groups is 3. The Balaban J connectivity index is 2.46. The van der Waals surface area contributed by atoms with Gasteiger partial charge in [-0.1, -0.05) is 0 Å². The van der Waals surface area contributed by atoms with Crippen LogP contribution < -0.4 is 0 Å². The van der Waals surface area contributed by atoms with Crippen molar-refractivity contribution in [1.29, 1.82) is 0 Å². The lowest BCUT2D eigenvalue weighted by molar-refractivity contribution is -0.155. The highest BCUT2D eigenvalue weighted by Gasteiger charge is 2.32. The molecule has 1 aliphatic rings. The fraction of sp³-hybridized carbons (Fsp3) is 0.750. The Labute approximate surface area is 106 Å². The summed E-state index contributed by atoms with van der Waals surface area (Å²) in [5.41, 5.74) is 0. The first-order chi connectivity index (χ1) is 8.47. The SMILES string of the molecule is CCOC(=O)C1CCN(C(=O)C(C)C(=O)O)CC1. The Morgan fingerprint density at radius 3 is 2.33 bits per heavy atom. The summed E-state index contributed by atoms with van der Waals surface area (Å²) in [5.74, 6) is -2.92. The highest BCUT2D eigenvalue weighted by molar-refractivity contribution is 5.96. The van der Waals surface area contributed by atoms with Crippen molar-refractivity contribution in [2.45, 2.75) is 26.7 Å². The van der Waals surface area contributed by atoms with Crippen LogP contribution in [0.3, 0.4) is 0 Å². The van der Waals surface area contributed by atoms with Gasteiger partial charge in [-0.3, -0.25) is 14.4 Å². The number of hydrogen-bond donors (Lipinski definition) is 1. The average molecular weight is 257 g/mol. The number of aliphatic carboxylic acids is 1. The third kappa shape index (κ3) is 3.45. The predicted molar refractivity (Wildman–Crippen MR) is 62.7 cm³/mol. The van der Waals surface area contributed by atoms with E-state index >= 15 is 0 Å². The number of ether oxygens (including phenoxy) is 1. The Hall–Kier alpha value is -1.59. The zero-order valence-electron chi connectivity index (χ0n) is 10.7. The molecule has 1 fully saturated rings. The maximum Gasteiger partial charge on any atom is 0.315 e. The first-order valence-electron chi connectivity index (χ1n) is 6.15. The molecule has 6 nitrogen and oxygen atoms in total. The lowest BCUT2D eigenvalue weighted by Gasteiger charge is -2.31. The molecule has 0 aromatic carbocycles. The lowest BCUT2D eigenvalue weighted by Crippen LogP contribution is -2.44. The third-order valence-electron chi connectivity index (χ3n) is 3.17. The molecule has 6 heteroatoms. The zero-order valence-corrected chi connectivity index (χ0v) is 10.7. The van der Waals surface area contributed by atoms with Gasteiger partial charge >= 0.3 is 11.9 Å². The minimum Gasteiger partial charge on any atom is -0.481 e. The normalized spacial score (nSPS) is 18.2. The van der Waals surface area contributed by atoms with Crippen molar-refractivity contribution in [1.82, 2.24) is 4.90 Å². The van der Waals surface area contributed by atoms with E-state index in [9.17, 15) is 14.4 Å². The highest BCUT2D eigenvalue weighted by atomic mass is 16.5. The summed E-state index contributed by atoms with van der Waals surface area (Å²) in [7, 11) is 0. The molecule has 0 aliphatic carbocycles. The van der Waals surface area contributed by atoms with Crippen LogP contribution in [0.2, 0.25) is 0 Å². The van der Waals surface area contributed by atoms with Gasteiger partial charge in [0.05, 0.1) is 12.5 Å². The fourth-order valence-electron chi connectivity index (χ4n) is 1.98. The van der Waals surface area contributed by atoms with Crippen LogP contribution in [0.5, 0.6) is 0 Å². The van der Waals surface area contributed by atoms with E-state index in [-0.39, 0.29) is 17.8 Å². The van der Waals surface area contributed by atoms with Gasteiger partial charge in [-0.25, -0.2) is 0 Å². The van der Waals surface area contributed by atoms with Crippen LogP contribution in [0, 0.1) is 11.8 Å². The summed E-state index contributed by atoms with van der Waals surface area (Å²) < 4.78 is 4.93. The van der Waals surface area contributed by atoms with Crippen LogP contribution >= 0.6 is 0 Å². The van der Waals surface area contributed by atoms with Gasteiger partial charge in [-0.15, -0.1) is 0 Å². The van der Waals surface area contributed by atoms with Gasteiger partial charge in [-0.05, 0) is 26.7 Å². The Bertz CT molecular complexity index is 333. The number of carboxylic acid groups (broad SMARTS) is 1. The monoisotopic (exact) mass is 257 g/mol. The molecule has 1 rings (SSSR count). The fourth-order valence-corrected chi connectivity index (χ4v) is 1.98. The second-order valence-corrected chi connectivity index (χ2v) is 4.41. The highest BCUT2D eigenvalue weighted by Crippen LogP contribution is 2.20. The molecular weight excluding hydrogens is 238 g/mol. The molecule has 0 bridgehead atoms. The van der Waals surface area contributed by atoms with Gasteiger partial charge < -0.3 is 14.7 Å². The molecule has 0 saturated carbocycles. The number of carbonyl (C=O) groups excluding carboxylic acids is 2. The Morgan fingerprint density at radius 2 is 1.89 bits per heavy atom. The molecule has 0 aromatic heterocycles. The van der Waals surface area contributed by atoms with Crippen LogP contribution in [0.25, 0.3) is 0 Å². The van der Waals surface area contributed by atoms with Gasteiger partial charge in [0.2, 0.25) is 5.91 Å². The number of nitrogens with zero attached hydrogens (tertiary/aromatic N) is 1. The number of piperidine rings is 1. The summed E-state index contributed by atoms with van der Waals surface area (Å²) in [6.07, 6.45) is 1.08. The smallest absolute Gasteiger partial charge is 0.315 e. The molecule has 1 unspecified atom stereocenters. The Kier molecular flexibility index (Phi) is 5.12. The summed E-state index contributed by atoms with van der Waals surface area (Å²) >= 11 is 0. The second kappa shape index (κ2) is 6.37. The van der Waals surface area contributed by atoms with Crippen LogP contribution in [0.1, 0.15) is 26.7 Å². The lowest BCUT2D eigenvalue weighted by atomic mass is 9.96. The van der Waals surface area contributed by atoms with E-state index in [1.54, 1.807) is 6.92 Å². The molecule has 0 spiro atoms. The number of amides is 1. The van der Waals surface area contributed by atoms with Gasteiger partial charge in [0.25, 0.3) is 0 Å². The number of hydrogen-bond acceptors (Lipinski definition) is 4. The van der Waals surface area contributed by atoms with E-state index in [2.05, 4.69) is 0 Å². The van der Waals surface area contributed by atoms with Gasteiger partial charge in [0.15, 0.2) is 0 Å². The standard InChI is InChI=1S/C12H19NO5/c1-3-18-12(17)9-4-6-13(7-5-9)10(14)8(2)11(15)16/h8-9H,3-7H2,1-2H3,(H,15,16). The molecule has 0 radical (unpaired) electrons. The van der Waals surface area contributed by atoms with E-state index in [0.717, 1.165) is 0 Å². The van der Waals surface area contributed by atoms with Gasteiger partial charge in [0, 0.05) is 13.1 Å². The van der Waals surface area contributed by atoms with E-state index in [1.165, 1.54) is 11.8 Å². The molecule has 1 atom stereocenters. The third-order valence-corrected chi connectivity index (χ3v) is 3.17. The summed E-state index contributed by atoms with van der Waals surface area (Å²) in [6, 6.07) is 0.